The van der Waals surface area contributed by atoms with E-state index in [-0.39, 0.29) is 18.4 Å². The molecule has 1 aliphatic heterocycles. The Labute approximate surface area is 85.3 Å². The highest BCUT2D eigenvalue weighted by atomic mass is 16.3. The predicted molar refractivity (Wildman–Crippen MR) is 54.9 cm³/mol. The van der Waals surface area contributed by atoms with Crippen LogP contribution in [0.4, 0.5) is 0 Å². The van der Waals surface area contributed by atoms with Crippen molar-refractivity contribution in [2.45, 2.75) is 19.8 Å². The molecule has 82 valence electrons. The molecule has 0 radical (unpaired) electrons. The van der Waals surface area contributed by atoms with Crippen LogP contribution in [-0.4, -0.2) is 48.7 Å². The summed E-state index contributed by atoms with van der Waals surface area (Å²) in [4.78, 5) is 13.3. The topological polar surface area (TPSA) is 52.6 Å². The van der Waals surface area contributed by atoms with Crippen molar-refractivity contribution >= 4 is 5.91 Å². The lowest BCUT2D eigenvalue weighted by Crippen LogP contribution is -2.29. The van der Waals surface area contributed by atoms with Gasteiger partial charge in [-0.05, 0) is 19.5 Å². The molecule has 1 unspecified atom stereocenters. The van der Waals surface area contributed by atoms with Gasteiger partial charge in [-0.3, -0.25) is 4.79 Å². The fraction of sp³-hybridized carbons (Fsp3) is 0.900. The second-order valence-corrected chi connectivity index (χ2v) is 3.80. The Kier molecular flexibility index (Phi) is 4.90. The van der Waals surface area contributed by atoms with Crippen LogP contribution in [0, 0.1) is 5.92 Å². The summed E-state index contributed by atoms with van der Waals surface area (Å²) in [5.41, 5.74) is 0. The van der Waals surface area contributed by atoms with Gasteiger partial charge in [0, 0.05) is 32.0 Å². The maximum absolute atomic E-state index is 11.4. The minimum atomic E-state index is 0.134. The zero-order valence-corrected chi connectivity index (χ0v) is 8.83. The standard InChI is InChI=1S/C10H20N2O2/c1-2-11-4-3-5-12-7-9(8-13)6-10(12)14/h9,11,13H,2-8H2,1H3. The predicted octanol–water partition coefficient (Wildman–Crippen LogP) is -0.173. The van der Waals surface area contributed by atoms with Crippen LogP contribution in [0.15, 0.2) is 0 Å². The average molecular weight is 200 g/mol. The van der Waals surface area contributed by atoms with Crippen LogP contribution in [0.5, 0.6) is 0 Å². The largest absolute Gasteiger partial charge is 0.396 e. The van der Waals surface area contributed by atoms with Crippen molar-refractivity contribution in [3.05, 3.63) is 0 Å². The van der Waals surface area contributed by atoms with Crippen LogP contribution >= 0.6 is 0 Å². The van der Waals surface area contributed by atoms with E-state index in [2.05, 4.69) is 12.2 Å². The van der Waals surface area contributed by atoms with Gasteiger partial charge in [-0.2, -0.15) is 0 Å². The monoisotopic (exact) mass is 200 g/mol. The summed E-state index contributed by atoms with van der Waals surface area (Å²) in [6.07, 6.45) is 1.52. The molecule has 1 fully saturated rings. The normalized spacial score (nSPS) is 22.0. The molecule has 1 rings (SSSR count). The molecule has 14 heavy (non-hydrogen) atoms. The Morgan fingerprint density at radius 3 is 3.00 bits per heavy atom. The molecular formula is C10H20N2O2. The van der Waals surface area contributed by atoms with E-state index in [1.54, 1.807) is 0 Å². The zero-order valence-electron chi connectivity index (χ0n) is 8.83. The van der Waals surface area contributed by atoms with Crippen molar-refractivity contribution in [2.75, 3.05) is 32.8 Å². The van der Waals surface area contributed by atoms with Crippen LogP contribution in [0.2, 0.25) is 0 Å². The minimum Gasteiger partial charge on any atom is -0.396 e. The number of aliphatic hydroxyl groups is 1. The van der Waals surface area contributed by atoms with E-state index in [0.717, 1.165) is 32.6 Å². The van der Waals surface area contributed by atoms with E-state index < -0.39 is 0 Å². The highest BCUT2D eigenvalue weighted by molar-refractivity contribution is 5.78. The van der Waals surface area contributed by atoms with Crippen molar-refractivity contribution in [3.8, 4) is 0 Å². The number of rotatable bonds is 6. The van der Waals surface area contributed by atoms with Crippen LogP contribution in [0.1, 0.15) is 19.8 Å². The van der Waals surface area contributed by atoms with Gasteiger partial charge in [-0.15, -0.1) is 0 Å². The van der Waals surface area contributed by atoms with E-state index in [4.69, 9.17) is 5.11 Å². The lowest BCUT2D eigenvalue weighted by Gasteiger charge is -2.15. The van der Waals surface area contributed by atoms with Gasteiger partial charge in [-0.1, -0.05) is 6.92 Å². The number of hydrogen-bond acceptors (Lipinski definition) is 3. The fourth-order valence-electron chi connectivity index (χ4n) is 1.76. The minimum absolute atomic E-state index is 0.134. The van der Waals surface area contributed by atoms with Crippen LogP contribution in [0.3, 0.4) is 0 Å². The average Bonchev–Trinajstić information content (AvgIpc) is 2.54. The molecule has 0 aromatic heterocycles. The van der Waals surface area contributed by atoms with Crippen molar-refractivity contribution < 1.29 is 9.90 Å². The van der Waals surface area contributed by atoms with Gasteiger partial charge in [0.2, 0.25) is 5.91 Å². The molecule has 2 N–H and O–H groups in total. The van der Waals surface area contributed by atoms with Crippen molar-refractivity contribution in [2.24, 2.45) is 5.92 Å². The van der Waals surface area contributed by atoms with Gasteiger partial charge in [0.05, 0.1) is 0 Å². The number of likely N-dealkylation sites (tertiary alicyclic amines) is 1. The molecule has 1 aliphatic rings. The molecule has 1 heterocycles. The molecule has 1 saturated heterocycles. The number of amides is 1. The Morgan fingerprint density at radius 2 is 2.43 bits per heavy atom. The van der Waals surface area contributed by atoms with Crippen LogP contribution in [-0.2, 0) is 4.79 Å². The lowest BCUT2D eigenvalue weighted by molar-refractivity contribution is -0.127. The summed E-state index contributed by atoms with van der Waals surface area (Å²) < 4.78 is 0. The van der Waals surface area contributed by atoms with Gasteiger partial charge in [0.15, 0.2) is 0 Å². The van der Waals surface area contributed by atoms with Gasteiger partial charge >= 0.3 is 0 Å². The van der Waals surface area contributed by atoms with E-state index in [1.807, 2.05) is 4.90 Å². The Balaban J connectivity index is 2.15. The Morgan fingerprint density at radius 1 is 1.64 bits per heavy atom. The molecule has 0 bridgehead atoms. The van der Waals surface area contributed by atoms with E-state index in [1.165, 1.54) is 0 Å². The Hall–Kier alpha value is -0.610. The first-order valence-electron chi connectivity index (χ1n) is 5.37. The van der Waals surface area contributed by atoms with Crippen molar-refractivity contribution in [3.63, 3.8) is 0 Å². The Bertz CT molecular complexity index is 185. The zero-order chi connectivity index (χ0) is 10.4. The molecule has 1 amide bonds. The third-order valence-corrected chi connectivity index (χ3v) is 2.58. The quantitative estimate of drug-likeness (QED) is 0.585. The summed E-state index contributed by atoms with van der Waals surface area (Å²) in [6.45, 7) is 5.71. The fourth-order valence-corrected chi connectivity index (χ4v) is 1.76. The first-order chi connectivity index (χ1) is 6.77. The third kappa shape index (κ3) is 3.27. The first kappa shape index (κ1) is 11.5. The SMILES string of the molecule is CCNCCCN1CC(CO)CC1=O. The van der Waals surface area contributed by atoms with Gasteiger partial charge in [0.25, 0.3) is 0 Å². The summed E-state index contributed by atoms with van der Waals surface area (Å²) in [6, 6.07) is 0. The van der Waals surface area contributed by atoms with Gasteiger partial charge in [-0.25, -0.2) is 0 Å². The molecule has 0 saturated carbocycles. The van der Waals surface area contributed by atoms with Crippen molar-refractivity contribution in [1.82, 2.24) is 10.2 Å². The summed E-state index contributed by atoms with van der Waals surface area (Å²) in [7, 11) is 0. The highest BCUT2D eigenvalue weighted by Crippen LogP contribution is 2.16. The third-order valence-electron chi connectivity index (χ3n) is 2.58. The van der Waals surface area contributed by atoms with E-state index in [0.29, 0.717) is 6.42 Å². The number of hydrogen-bond donors (Lipinski definition) is 2. The maximum Gasteiger partial charge on any atom is 0.223 e. The van der Waals surface area contributed by atoms with Gasteiger partial charge in [0.1, 0.15) is 0 Å². The molecule has 4 nitrogen and oxygen atoms in total. The molecule has 0 aliphatic carbocycles. The number of nitrogens with zero attached hydrogens (tertiary/aromatic N) is 1. The van der Waals surface area contributed by atoms with E-state index >= 15 is 0 Å². The highest BCUT2D eigenvalue weighted by Gasteiger charge is 2.28. The lowest BCUT2D eigenvalue weighted by atomic mass is 10.1. The number of carbonyl (C=O) groups excluding carboxylic acids is 1. The first-order valence-corrected chi connectivity index (χ1v) is 5.37. The number of carbonyl (C=O) groups is 1. The summed E-state index contributed by atoms with van der Waals surface area (Å²) >= 11 is 0. The maximum atomic E-state index is 11.4. The van der Waals surface area contributed by atoms with E-state index in [9.17, 15) is 4.79 Å². The number of nitrogens with one attached hydrogen (secondary N) is 1. The molecule has 0 aromatic carbocycles. The molecule has 1 atom stereocenters. The molecule has 4 heteroatoms. The smallest absolute Gasteiger partial charge is 0.223 e. The van der Waals surface area contributed by atoms with Gasteiger partial charge < -0.3 is 15.3 Å². The second kappa shape index (κ2) is 5.98. The molecule has 0 spiro atoms. The second-order valence-electron chi connectivity index (χ2n) is 3.80. The molecular weight excluding hydrogens is 180 g/mol. The molecule has 0 aromatic rings. The summed E-state index contributed by atoms with van der Waals surface area (Å²) in [5, 5.41) is 12.1. The number of aliphatic hydroxyl groups excluding tert-OH is 1. The summed E-state index contributed by atoms with van der Waals surface area (Å²) in [5.74, 6) is 0.363. The van der Waals surface area contributed by atoms with Crippen molar-refractivity contribution in [1.29, 1.82) is 0 Å². The van der Waals surface area contributed by atoms with Crippen LogP contribution < -0.4 is 5.32 Å². The van der Waals surface area contributed by atoms with Crippen LogP contribution in [0.25, 0.3) is 0 Å².